The van der Waals surface area contributed by atoms with Crippen LogP contribution in [-0.2, 0) is 11.2 Å². The van der Waals surface area contributed by atoms with E-state index in [1.807, 2.05) is 24.3 Å². The molecule has 0 saturated heterocycles. The summed E-state index contributed by atoms with van der Waals surface area (Å²) < 4.78 is 0. The molecular weight excluding hydrogens is 180 g/mol. The van der Waals surface area contributed by atoms with Crippen LogP contribution in [0.5, 0.6) is 0 Å². The van der Waals surface area contributed by atoms with E-state index in [0.29, 0.717) is 6.42 Å². The van der Waals surface area contributed by atoms with Crippen molar-refractivity contribution >= 4 is 11.6 Å². The van der Waals surface area contributed by atoms with E-state index in [9.17, 15) is 9.70 Å². The molecule has 0 saturated carbocycles. The highest BCUT2D eigenvalue weighted by molar-refractivity contribution is 5.96. The fourth-order valence-electron chi connectivity index (χ4n) is 1.71. The summed E-state index contributed by atoms with van der Waals surface area (Å²) in [6.07, 6.45) is 1.22. The number of aryl methyl sites for hydroxylation is 1. The van der Waals surface area contributed by atoms with Gasteiger partial charge < -0.3 is 0 Å². The van der Waals surface area contributed by atoms with Crippen LogP contribution in [0.2, 0.25) is 0 Å². The van der Waals surface area contributed by atoms with Gasteiger partial charge in [-0.05, 0) is 23.2 Å². The van der Waals surface area contributed by atoms with Crippen LogP contribution in [0.4, 0.5) is 5.69 Å². The maximum atomic E-state index is 11.5. The molecule has 0 unspecified atom stereocenters. The fraction of sp³-hybridized carbons (Fsp3) is 0.300. The Morgan fingerprint density at radius 3 is 2.86 bits per heavy atom. The Kier molecular flexibility index (Phi) is 2.26. The Bertz CT molecular complexity index is 376. The van der Waals surface area contributed by atoms with E-state index in [2.05, 4.69) is 5.18 Å². The molecule has 14 heavy (non-hydrogen) atoms. The van der Waals surface area contributed by atoms with Crippen LogP contribution in [0.1, 0.15) is 12.0 Å². The number of carbonyl (C=O) groups is 1. The molecule has 0 atom stereocenters. The molecule has 1 heterocycles. The summed E-state index contributed by atoms with van der Waals surface area (Å²) in [4.78, 5) is 23.1. The first kappa shape index (κ1) is 8.87. The van der Waals surface area contributed by atoms with Crippen molar-refractivity contribution in [1.82, 2.24) is 0 Å². The van der Waals surface area contributed by atoms with Gasteiger partial charge in [0.05, 0.1) is 0 Å². The molecule has 1 aromatic carbocycles. The topological polar surface area (TPSA) is 49.7 Å². The van der Waals surface area contributed by atoms with Crippen LogP contribution in [0.25, 0.3) is 0 Å². The van der Waals surface area contributed by atoms with Crippen molar-refractivity contribution in [3.63, 3.8) is 0 Å². The van der Waals surface area contributed by atoms with Gasteiger partial charge >= 0.3 is 0 Å². The highest BCUT2D eigenvalue weighted by atomic mass is 16.3. The van der Waals surface area contributed by atoms with Gasteiger partial charge in [-0.3, -0.25) is 9.69 Å². The molecule has 1 aromatic rings. The van der Waals surface area contributed by atoms with Crippen LogP contribution in [-0.4, -0.2) is 12.6 Å². The Labute approximate surface area is 81.5 Å². The second-order valence-corrected chi connectivity index (χ2v) is 3.22. The predicted molar refractivity (Wildman–Crippen MR) is 52.9 cm³/mol. The largest absolute Gasteiger partial charge is 0.288 e. The Morgan fingerprint density at radius 2 is 2.07 bits per heavy atom. The number of hydrogen-bond acceptors (Lipinski definition) is 3. The minimum Gasteiger partial charge on any atom is -0.288 e. The monoisotopic (exact) mass is 190 g/mol. The lowest BCUT2D eigenvalue weighted by molar-refractivity contribution is -0.118. The standard InChI is InChI=1S/C10H10N2O2/c13-10-6-5-8-3-1-2-4-9(8)12(10)7-11-14/h1-4H,5-7H2. The number of para-hydroxylation sites is 1. The van der Waals surface area contributed by atoms with Gasteiger partial charge in [-0.1, -0.05) is 18.2 Å². The molecule has 0 spiro atoms. The molecule has 0 aliphatic carbocycles. The number of carbonyl (C=O) groups excluding carboxylic acids is 1. The van der Waals surface area contributed by atoms with E-state index < -0.39 is 0 Å². The van der Waals surface area contributed by atoms with Crippen molar-refractivity contribution in [2.75, 3.05) is 11.6 Å². The highest BCUT2D eigenvalue weighted by Crippen LogP contribution is 2.26. The van der Waals surface area contributed by atoms with E-state index in [-0.39, 0.29) is 12.6 Å². The van der Waals surface area contributed by atoms with Crippen molar-refractivity contribution in [1.29, 1.82) is 0 Å². The summed E-state index contributed by atoms with van der Waals surface area (Å²) in [5.74, 6) is -0.0247. The van der Waals surface area contributed by atoms with Gasteiger partial charge in [0.2, 0.25) is 5.91 Å². The highest BCUT2D eigenvalue weighted by Gasteiger charge is 2.23. The van der Waals surface area contributed by atoms with E-state index in [1.54, 1.807) is 0 Å². The number of anilines is 1. The Balaban J connectivity index is 2.40. The SMILES string of the molecule is O=NCN1C(=O)CCc2ccccc21. The van der Waals surface area contributed by atoms with Crippen molar-refractivity contribution in [3.8, 4) is 0 Å². The molecule has 0 radical (unpaired) electrons. The number of nitroso groups, excluding NO2 is 1. The third-order valence-electron chi connectivity index (χ3n) is 2.39. The van der Waals surface area contributed by atoms with Gasteiger partial charge in [0.15, 0.2) is 6.67 Å². The predicted octanol–water partition coefficient (Wildman–Crippen LogP) is 1.69. The summed E-state index contributed by atoms with van der Waals surface area (Å²) >= 11 is 0. The molecule has 0 N–H and O–H groups in total. The minimum atomic E-state index is -0.0875. The lowest BCUT2D eigenvalue weighted by atomic mass is 10.0. The van der Waals surface area contributed by atoms with E-state index in [1.165, 1.54) is 4.90 Å². The molecule has 72 valence electrons. The first-order valence-corrected chi connectivity index (χ1v) is 4.50. The van der Waals surface area contributed by atoms with Crippen molar-refractivity contribution in [2.24, 2.45) is 5.18 Å². The second-order valence-electron chi connectivity index (χ2n) is 3.22. The Morgan fingerprint density at radius 1 is 1.29 bits per heavy atom. The Hall–Kier alpha value is -1.71. The number of nitrogens with zero attached hydrogens (tertiary/aromatic N) is 2. The number of benzene rings is 1. The van der Waals surface area contributed by atoms with Gasteiger partial charge in [-0.25, -0.2) is 0 Å². The number of hydrogen-bond donors (Lipinski definition) is 0. The third kappa shape index (κ3) is 1.39. The van der Waals surface area contributed by atoms with Gasteiger partial charge in [0, 0.05) is 12.1 Å². The minimum absolute atomic E-state index is 0.0247. The molecule has 4 nitrogen and oxygen atoms in total. The number of fused-ring (bicyclic) bond motifs is 1. The summed E-state index contributed by atoms with van der Waals surface area (Å²) in [6.45, 7) is -0.0875. The van der Waals surface area contributed by atoms with Crippen LogP contribution in [0.3, 0.4) is 0 Å². The fourth-order valence-corrected chi connectivity index (χ4v) is 1.71. The van der Waals surface area contributed by atoms with Crippen LogP contribution in [0.15, 0.2) is 29.4 Å². The molecule has 0 bridgehead atoms. The van der Waals surface area contributed by atoms with Gasteiger partial charge in [-0.2, -0.15) is 0 Å². The van der Waals surface area contributed by atoms with Crippen LogP contribution >= 0.6 is 0 Å². The van der Waals surface area contributed by atoms with Crippen molar-refractivity contribution < 1.29 is 4.79 Å². The second kappa shape index (κ2) is 3.57. The van der Waals surface area contributed by atoms with Crippen LogP contribution in [0, 0.1) is 4.91 Å². The third-order valence-corrected chi connectivity index (χ3v) is 2.39. The smallest absolute Gasteiger partial charge is 0.228 e. The maximum Gasteiger partial charge on any atom is 0.228 e. The lowest BCUT2D eigenvalue weighted by Crippen LogP contribution is -2.34. The van der Waals surface area contributed by atoms with Crippen molar-refractivity contribution in [2.45, 2.75) is 12.8 Å². The van der Waals surface area contributed by atoms with Gasteiger partial charge in [0.25, 0.3) is 0 Å². The summed E-state index contributed by atoms with van der Waals surface area (Å²) in [5, 5.41) is 2.76. The van der Waals surface area contributed by atoms with E-state index in [4.69, 9.17) is 0 Å². The molecule has 1 aliphatic heterocycles. The average Bonchev–Trinajstić information content (AvgIpc) is 2.23. The number of amides is 1. The molecule has 1 amide bonds. The zero-order valence-corrected chi connectivity index (χ0v) is 7.64. The average molecular weight is 190 g/mol. The molecular formula is C10H10N2O2. The number of rotatable bonds is 2. The maximum absolute atomic E-state index is 11.5. The first-order valence-electron chi connectivity index (χ1n) is 4.50. The first-order chi connectivity index (χ1) is 6.83. The summed E-state index contributed by atoms with van der Waals surface area (Å²) in [7, 11) is 0. The summed E-state index contributed by atoms with van der Waals surface area (Å²) in [6, 6.07) is 7.60. The molecule has 0 fully saturated rings. The zero-order chi connectivity index (χ0) is 9.97. The summed E-state index contributed by atoms with van der Waals surface area (Å²) in [5.41, 5.74) is 1.93. The van der Waals surface area contributed by atoms with E-state index >= 15 is 0 Å². The normalized spacial score (nSPS) is 15.1. The van der Waals surface area contributed by atoms with Gasteiger partial charge in [-0.15, -0.1) is 4.91 Å². The lowest BCUT2D eigenvalue weighted by Gasteiger charge is -2.26. The van der Waals surface area contributed by atoms with Crippen molar-refractivity contribution in [3.05, 3.63) is 34.7 Å². The van der Waals surface area contributed by atoms with Gasteiger partial charge in [0.1, 0.15) is 0 Å². The molecule has 2 rings (SSSR count). The zero-order valence-electron chi connectivity index (χ0n) is 7.64. The molecule has 1 aliphatic rings. The molecule has 0 aromatic heterocycles. The molecule has 4 heteroatoms. The quantitative estimate of drug-likeness (QED) is 0.666. The van der Waals surface area contributed by atoms with E-state index in [0.717, 1.165) is 17.7 Å². The van der Waals surface area contributed by atoms with Crippen LogP contribution < -0.4 is 4.90 Å².